The highest BCUT2D eigenvalue weighted by atomic mass is 16.5. The van der Waals surface area contributed by atoms with Crippen molar-refractivity contribution in [2.45, 2.75) is 43.8 Å². The van der Waals surface area contributed by atoms with Gasteiger partial charge in [-0.3, -0.25) is 4.79 Å². The predicted octanol–water partition coefficient (Wildman–Crippen LogP) is -0.913. The maximum absolute atomic E-state index is 11.4. The Morgan fingerprint density at radius 1 is 1.26 bits per heavy atom. The second kappa shape index (κ2) is 7.53. The van der Waals surface area contributed by atoms with Crippen LogP contribution in [0, 0.1) is 11.3 Å². The molecule has 1 aliphatic rings. The van der Waals surface area contributed by atoms with E-state index >= 15 is 0 Å². The van der Waals surface area contributed by atoms with Crippen molar-refractivity contribution < 1.29 is 24.9 Å². The second-order valence-electron chi connectivity index (χ2n) is 5.62. The first-order valence-corrected chi connectivity index (χ1v) is 7.35. The molecule has 1 aromatic rings. The molecule has 0 bridgehead atoms. The molecule has 1 amide bonds. The lowest BCUT2D eigenvalue weighted by molar-refractivity contribution is -0.194. The van der Waals surface area contributed by atoms with Crippen LogP contribution in [0.4, 0.5) is 0 Å². The van der Waals surface area contributed by atoms with E-state index in [1.165, 1.54) is 6.92 Å². The molecule has 1 aromatic carbocycles. The third-order valence-corrected chi connectivity index (χ3v) is 3.92. The highest BCUT2D eigenvalue weighted by molar-refractivity contribution is 5.73. The van der Waals surface area contributed by atoms with E-state index in [0.717, 1.165) is 5.56 Å². The molecule has 5 atom stereocenters. The van der Waals surface area contributed by atoms with E-state index in [1.54, 1.807) is 24.3 Å². The van der Waals surface area contributed by atoms with Gasteiger partial charge in [0.1, 0.15) is 18.3 Å². The summed E-state index contributed by atoms with van der Waals surface area (Å²) in [5, 5.41) is 40.9. The SMILES string of the molecule is CC(=O)N[C@@H]1C(Cc2ccc(C#N)cc2)OC(CO)C(O)C1O. The van der Waals surface area contributed by atoms with Gasteiger partial charge in [-0.05, 0) is 17.7 Å². The molecule has 1 heterocycles. The van der Waals surface area contributed by atoms with Gasteiger partial charge in [0.2, 0.25) is 5.91 Å². The smallest absolute Gasteiger partial charge is 0.217 e. The number of nitrogens with zero attached hydrogens (tertiary/aromatic N) is 1. The van der Waals surface area contributed by atoms with Crippen LogP contribution in [-0.4, -0.2) is 58.3 Å². The maximum Gasteiger partial charge on any atom is 0.217 e. The molecule has 124 valence electrons. The number of carbonyl (C=O) groups is 1. The van der Waals surface area contributed by atoms with Crippen LogP contribution in [0.5, 0.6) is 0 Å². The predicted molar refractivity (Wildman–Crippen MR) is 80.2 cm³/mol. The number of hydrogen-bond donors (Lipinski definition) is 4. The number of aliphatic hydroxyl groups excluding tert-OH is 3. The Hall–Kier alpha value is -1.98. The summed E-state index contributed by atoms with van der Waals surface area (Å²) in [7, 11) is 0. The van der Waals surface area contributed by atoms with Crippen molar-refractivity contribution in [3.63, 3.8) is 0 Å². The zero-order valence-corrected chi connectivity index (χ0v) is 12.7. The first kappa shape index (κ1) is 17.4. The first-order chi connectivity index (χ1) is 11.0. The summed E-state index contributed by atoms with van der Waals surface area (Å²) in [6.07, 6.45) is -3.69. The number of nitrogens with one attached hydrogen (secondary N) is 1. The van der Waals surface area contributed by atoms with Crippen molar-refractivity contribution in [1.29, 1.82) is 5.26 Å². The Morgan fingerprint density at radius 3 is 2.43 bits per heavy atom. The molecule has 7 nitrogen and oxygen atoms in total. The lowest BCUT2D eigenvalue weighted by atomic mass is 9.89. The van der Waals surface area contributed by atoms with Crippen molar-refractivity contribution in [2.75, 3.05) is 6.61 Å². The second-order valence-corrected chi connectivity index (χ2v) is 5.62. The molecule has 7 heteroatoms. The fraction of sp³-hybridized carbons (Fsp3) is 0.500. The van der Waals surface area contributed by atoms with E-state index < -0.39 is 37.1 Å². The molecule has 23 heavy (non-hydrogen) atoms. The number of benzene rings is 1. The van der Waals surface area contributed by atoms with Crippen molar-refractivity contribution in [2.24, 2.45) is 0 Å². The Labute approximate surface area is 134 Å². The summed E-state index contributed by atoms with van der Waals surface area (Å²) in [5.41, 5.74) is 1.38. The standard InChI is InChI=1S/C16H20N2O5/c1-9(20)18-14-12(23-13(8-19)15(21)16(14)22)6-10-2-4-11(7-17)5-3-10/h2-5,12-16,19,21-22H,6,8H2,1H3,(H,18,20)/t12?,13?,14-,15?,16?/m1/s1. The summed E-state index contributed by atoms with van der Waals surface area (Å²) in [5.74, 6) is -0.350. The topological polar surface area (TPSA) is 123 Å². The van der Waals surface area contributed by atoms with E-state index in [4.69, 9.17) is 10.00 Å². The van der Waals surface area contributed by atoms with E-state index in [1.807, 2.05) is 6.07 Å². The molecular formula is C16H20N2O5. The molecule has 1 fully saturated rings. The minimum atomic E-state index is -1.28. The number of carbonyl (C=O) groups excluding carboxylic acids is 1. The minimum Gasteiger partial charge on any atom is -0.394 e. The fourth-order valence-electron chi connectivity index (χ4n) is 2.73. The van der Waals surface area contributed by atoms with Crippen LogP contribution in [0.3, 0.4) is 0 Å². The molecule has 2 rings (SSSR count). The van der Waals surface area contributed by atoms with Crippen LogP contribution in [0.2, 0.25) is 0 Å². The summed E-state index contributed by atoms with van der Waals surface area (Å²) in [6, 6.07) is 8.09. The van der Waals surface area contributed by atoms with E-state index in [9.17, 15) is 20.1 Å². The van der Waals surface area contributed by atoms with Crippen LogP contribution >= 0.6 is 0 Å². The Kier molecular flexibility index (Phi) is 5.69. The van der Waals surface area contributed by atoms with E-state index in [-0.39, 0.29) is 5.91 Å². The van der Waals surface area contributed by atoms with Gasteiger partial charge in [-0.1, -0.05) is 12.1 Å². The third-order valence-electron chi connectivity index (χ3n) is 3.92. The molecule has 4 N–H and O–H groups in total. The van der Waals surface area contributed by atoms with Crippen molar-refractivity contribution >= 4 is 5.91 Å². The average Bonchev–Trinajstić information content (AvgIpc) is 2.54. The fourth-order valence-corrected chi connectivity index (χ4v) is 2.73. The average molecular weight is 320 g/mol. The molecule has 0 saturated carbocycles. The summed E-state index contributed by atoms with van der Waals surface area (Å²) in [4.78, 5) is 11.4. The molecule has 1 saturated heterocycles. The van der Waals surface area contributed by atoms with E-state index in [2.05, 4.69) is 5.32 Å². The van der Waals surface area contributed by atoms with Crippen LogP contribution < -0.4 is 5.32 Å². The number of amides is 1. The molecule has 0 aromatic heterocycles. The van der Waals surface area contributed by atoms with Crippen molar-refractivity contribution in [3.05, 3.63) is 35.4 Å². The molecular weight excluding hydrogens is 300 g/mol. The van der Waals surface area contributed by atoms with Gasteiger partial charge in [-0.25, -0.2) is 0 Å². The maximum atomic E-state index is 11.4. The molecule has 0 aliphatic carbocycles. The van der Waals surface area contributed by atoms with Gasteiger partial charge < -0.3 is 25.4 Å². The van der Waals surface area contributed by atoms with Gasteiger partial charge >= 0.3 is 0 Å². The molecule has 4 unspecified atom stereocenters. The molecule has 0 spiro atoms. The van der Waals surface area contributed by atoms with Gasteiger partial charge in [-0.2, -0.15) is 5.26 Å². The third kappa shape index (κ3) is 4.06. The summed E-state index contributed by atoms with van der Waals surface area (Å²) < 4.78 is 5.65. The highest BCUT2D eigenvalue weighted by Gasteiger charge is 2.44. The largest absolute Gasteiger partial charge is 0.394 e. The number of aliphatic hydroxyl groups is 3. The van der Waals surface area contributed by atoms with Crippen LogP contribution in [-0.2, 0) is 16.0 Å². The lowest BCUT2D eigenvalue weighted by Gasteiger charge is -2.42. The Bertz CT molecular complexity index is 583. The van der Waals surface area contributed by atoms with Crippen molar-refractivity contribution in [3.8, 4) is 6.07 Å². The Balaban J connectivity index is 2.19. The lowest BCUT2D eigenvalue weighted by Crippen LogP contribution is -2.64. The first-order valence-electron chi connectivity index (χ1n) is 7.35. The summed E-state index contributed by atoms with van der Waals surface area (Å²) in [6.45, 7) is 0.880. The zero-order valence-electron chi connectivity index (χ0n) is 12.7. The van der Waals surface area contributed by atoms with Crippen molar-refractivity contribution in [1.82, 2.24) is 5.32 Å². The van der Waals surface area contributed by atoms with Gasteiger partial charge in [0.15, 0.2) is 0 Å². The Morgan fingerprint density at radius 2 is 1.91 bits per heavy atom. The molecule has 0 radical (unpaired) electrons. The minimum absolute atomic E-state index is 0.350. The van der Waals surface area contributed by atoms with Gasteiger partial charge in [-0.15, -0.1) is 0 Å². The van der Waals surface area contributed by atoms with Crippen LogP contribution in [0.15, 0.2) is 24.3 Å². The van der Waals surface area contributed by atoms with Gasteiger partial charge in [0.05, 0.1) is 30.4 Å². The zero-order chi connectivity index (χ0) is 17.0. The van der Waals surface area contributed by atoms with Gasteiger partial charge in [0, 0.05) is 13.3 Å². The molecule has 1 aliphatic heterocycles. The quantitative estimate of drug-likeness (QED) is 0.569. The number of rotatable bonds is 4. The number of ether oxygens (including phenoxy) is 1. The highest BCUT2D eigenvalue weighted by Crippen LogP contribution is 2.24. The van der Waals surface area contributed by atoms with Gasteiger partial charge in [0.25, 0.3) is 0 Å². The number of nitriles is 1. The monoisotopic (exact) mass is 320 g/mol. The normalized spacial score (nSPS) is 30.5. The van der Waals surface area contributed by atoms with Crippen LogP contribution in [0.25, 0.3) is 0 Å². The summed E-state index contributed by atoms with van der Waals surface area (Å²) >= 11 is 0. The van der Waals surface area contributed by atoms with E-state index in [0.29, 0.717) is 12.0 Å². The number of hydrogen-bond acceptors (Lipinski definition) is 6. The van der Waals surface area contributed by atoms with Crippen LogP contribution in [0.1, 0.15) is 18.1 Å².